The molecule has 108 valence electrons. The van der Waals surface area contributed by atoms with Crippen LogP contribution >= 0.6 is 11.6 Å². The highest BCUT2D eigenvalue weighted by Gasteiger charge is 2.13. The van der Waals surface area contributed by atoms with Gasteiger partial charge in [0.05, 0.1) is 23.5 Å². The van der Waals surface area contributed by atoms with Gasteiger partial charge in [-0.2, -0.15) is 10.2 Å². The van der Waals surface area contributed by atoms with Gasteiger partial charge < -0.3 is 15.7 Å². The molecule has 8 heteroatoms. The quantitative estimate of drug-likeness (QED) is 0.803. The predicted octanol–water partition coefficient (Wildman–Crippen LogP) is 2.15. The van der Waals surface area contributed by atoms with Gasteiger partial charge in [0.1, 0.15) is 0 Å². The Morgan fingerprint density at radius 1 is 1.29 bits per heavy atom. The molecule has 1 aromatic carbocycles. The smallest absolute Gasteiger partial charge is 0.337 e. The minimum Gasteiger partial charge on any atom is -0.478 e. The molecule has 2 amide bonds. The third kappa shape index (κ3) is 4.15. The van der Waals surface area contributed by atoms with Crippen LogP contribution in [0.25, 0.3) is 0 Å². The van der Waals surface area contributed by atoms with Gasteiger partial charge in [-0.3, -0.25) is 0 Å². The summed E-state index contributed by atoms with van der Waals surface area (Å²) in [6.07, 6.45) is 1.52. The summed E-state index contributed by atoms with van der Waals surface area (Å²) in [5.41, 5.74) is 0.655. The number of hydrogen-bond acceptors (Lipinski definition) is 4. The lowest BCUT2D eigenvalue weighted by Gasteiger charge is -2.09. The molecule has 0 spiro atoms. The first-order chi connectivity index (χ1) is 10.1. The van der Waals surface area contributed by atoms with Crippen LogP contribution in [-0.4, -0.2) is 27.3 Å². The first-order valence-electron chi connectivity index (χ1n) is 5.90. The summed E-state index contributed by atoms with van der Waals surface area (Å²) >= 11 is 5.73. The minimum absolute atomic E-state index is 0.0860. The third-order valence-corrected chi connectivity index (χ3v) is 2.75. The summed E-state index contributed by atoms with van der Waals surface area (Å²) in [4.78, 5) is 22.8. The molecule has 0 atom stereocenters. The second-order valence-electron chi connectivity index (χ2n) is 4.02. The lowest BCUT2D eigenvalue weighted by molar-refractivity contribution is 0.0698. The van der Waals surface area contributed by atoms with E-state index in [9.17, 15) is 9.59 Å². The number of urea groups is 1. The number of amides is 2. The number of hydrogen-bond donors (Lipinski definition) is 3. The van der Waals surface area contributed by atoms with E-state index < -0.39 is 12.0 Å². The van der Waals surface area contributed by atoms with Gasteiger partial charge in [0.2, 0.25) is 0 Å². The van der Waals surface area contributed by atoms with E-state index in [1.807, 2.05) is 0 Å². The summed E-state index contributed by atoms with van der Waals surface area (Å²) in [6.45, 7) is 0.176. The fourth-order valence-electron chi connectivity index (χ4n) is 1.57. The van der Waals surface area contributed by atoms with E-state index >= 15 is 0 Å². The fourth-order valence-corrected chi connectivity index (χ4v) is 1.74. The van der Waals surface area contributed by atoms with E-state index in [2.05, 4.69) is 20.8 Å². The number of carbonyl (C=O) groups excluding carboxylic acids is 1. The first kappa shape index (κ1) is 14.7. The zero-order valence-corrected chi connectivity index (χ0v) is 11.5. The highest BCUT2D eigenvalue weighted by molar-refractivity contribution is 6.31. The Labute approximate surface area is 125 Å². The first-order valence-corrected chi connectivity index (χ1v) is 6.28. The molecule has 0 radical (unpaired) electrons. The molecule has 0 saturated carbocycles. The molecule has 2 rings (SSSR count). The van der Waals surface area contributed by atoms with Crippen molar-refractivity contribution in [1.82, 2.24) is 15.5 Å². The van der Waals surface area contributed by atoms with Crippen molar-refractivity contribution in [3.8, 4) is 0 Å². The van der Waals surface area contributed by atoms with Gasteiger partial charge in [0, 0.05) is 11.2 Å². The molecule has 0 bridgehead atoms. The van der Waals surface area contributed by atoms with Crippen LogP contribution in [0.2, 0.25) is 5.02 Å². The number of aromatic carboxylic acids is 1. The topological polar surface area (TPSA) is 104 Å². The second-order valence-corrected chi connectivity index (χ2v) is 4.45. The van der Waals surface area contributed by atoms with Crippen molar-refractivity contribution < 1.29 is 14.7 Å². The Morgan fingerprint density at radius 2 is 2.10 bits per heavy atom. The number of nitrogens with zero attached hydrogens (tertiary/aromatic N) is 2. The van der Waals surface area contributed by atoms with Crippen molar-refractivity contribution in [2.24, 2.45) is 0 Å². The van der Waals surface area contributed by atoms with Gasteiger partial charge in [-0.05, 0) is 30.3 Å². The molecular weight excluding hydrogens is 296 g/mol. The van der Waals surface area contributed by atoms with Crippen LogP contribution in [0.3, 0.4) is 0 Å². The van der Waals surface area contributed by atoms with Crippen LogP contribution in [0, 0.1) is 0 Å². The number of carboxylic acids is 1. The molecule has 1 heterocycles. The monoisotopic (exact) mass is 306 g/mol. The summed E-state index contributed by atoms with van der Waals surface area (Å²) in [6, 6.07) is 7.04. The Kier molecular flexibility index (Phi) is 4.68. The molecule has 1 aromatic heterocycles. The van der Waals surface area contributed by atoms with Gasteiger partial charge >= 0.3 is 12.0 Å². The Hall–Kier alpha value is -2.67. The number of carboxylic acid groups (broad SMARTS) is 1. The van der Waals surface area contributed by atoms with Crippen molar-refractivity contribution in [3.63, 3.8) is 0 Å². The highest BCUT2D eigenvalue weighted by Crippen LogP contribution is 2.20. The Bertz CT molecular complexity index is 664. The van der Waals surface area contributed by atoms with Crippen molar-refractivity contribution in [1.29, 1.82) is 0 Å². The fraction of sp³-hybridized carbons (Fsp3) is 0.0769. The molecule has 0 aliphatic heterocycles. The van der Waals surface area contributed by atoms with Crippen LogP contribution in [-0.2, 0) is 6.54 Å². The number of halogens is 1. The van der Waals surface area contributed by atoms with Crippen LogP contribution in [0.4, 0.5) is 10.5 Å². The van der Waals surface area contributed by atoms with Crippen molar-refractivity contribution >= 4 is 29.3 Å². The van der Waals surface area contributed by atoms with E-state index in [4.69, 9.17) is 16.7 Å². The van der Waals surface area contributed by atoms with Crippen molar-refractivity contribution in [2.45, 2.75) is 6.54 Å². The molecular formula is C13H11ClN4O3. The van der Waals surface area contributed by atoms with Crippen LogP contribution in [0.1, 0.15) is 16.1 Å². The van der Waals surface area contributed by atoms with Crippen LogP contribution in [0.5, 0.6) is 0 Å². The lowest BCUT2D eigenvalue weighted by Crippen LogP contribution is -2.29. The average molecular weight is 307 g/mol. The molecule has 0 aliphatic carbocycles. The van der Waals surface area contributed by atoms with Crippen LogP contribution < -0.4 is 10.6 Å². The second kappa shape index (κ2) is 6.67. The van der Waals surface area contributed by atoms with Gasteiger partial charge in [0.25, 0.3) is 0 Å². The molecule has 3 N–H and O–H groups in total. The zero-order valence-electron chi connectivity index (χ0n) is 10.7. The molecule has 7 nitrogen and oxygen atoms in total. The number of nitrogens with one attached hydrogen (secondary N) is 2. The average Bonchev–Trinajstić information content (AvgIpc) is 2.48. The third-order valence-electron chi connectivity index (χ3n) is 2.52. The molecule has 0 saturated heterocycles. The SMILES string of the molecule is O=C(NCc1cccnn1)Nc1ccc(Cl)cc1C(=O)O. The number of benzene rings is 1. The van der Waals surface area contributed by atoms with E-state index in [1.54, 1.807) is 12.1 Å². The van der Waals surface area contributed by atoms with Crippen molar-refractivity contribution in [2.75, 3.05) is 5.32 Å². The number of anilines is 1. The van der Waals surface area contributed by atoms with Gasteiger partial charge in [0.15, 0.2) is 0 Å². The van der Waals surface area contributed by atoms with E-state index in [1.165, 1.54) is 24.4 Å². The Morgan fingerprint density at radius 3 is 2.76 bits per heavy atom. The molecule has 0 aliphatic rings. The number of aromatic nitrogens is 2. The summed E-state index contributed by atoms with van der Waals surface area (Å²) < 4.78 is 0. The maximum absolute atomic E-state index is 11.7. The zero-order chi connectivity index (χ0) is 15.2. The molecule has 21 heavy (non-hydrogen) atoms. The predicted molar refractivity (Wildman–Crippen MR) is 76.3 cm³/mol. The minimum atomic E-state index is -1.18. The Balaban J connectivity index is 2.01. The maximum atomic E-state index is 11.7. The molecule has 0 fully saturated rings. The van der Waals surface area contributed by atoms with Crippen LogP contribution in [0.15, 0.2) is 36.5 Å². The van der Waals surface area contributed by atoms with E-state index in [0.717, 1.165) is 0 Å². The molecule has 0 unspecified atom stereocenters. The van der Waals surface area contributed by atoms with Gasteiger partial charge in [-0.25, -0.2) is 9.59 Å². The largest absolute Gasteiger partial charge is 0.478 e. The number of carbonyl (C=O) groups is 2. The molecule has 2 aromatic rings. The maximum Gasteiger partial charge on any atom is 0.337 e. The summed E-state index contributed by atoms with van der Waals surface area (Å²) in [5.74, 6) is -1.18. The summed E-state index contributed by atoms with van der Waals surface area (Å²) in [7, 11) is 0. The van der Waals surface area contributed by atoms with Gasteiger partial charge in [-0.1, -0.05) is 11.6 Å². The standard InChI is InChI=1S/C13H11ClN4O3/c14-8-3-4-11(10(6-8)12(19)20)17-13(21)15-7-9-2-1-5-16-18-9/h1-6H,7H2,(H,19,20)(H2,15,17,21). The summed E-state index contributed by atoms with van der Waals surface area (Å²) in [5, 5.41) is 21.8. The van der Waals surface area contributed by atoms with E-state index in [-0.39, 0.29) is 22.8 Å². The van der Waals surface area contributed by atoms with E-state index in [0.29, 0.717) is 5.69 Å². The number of rotatable bonds is 4. The normalized spacial score (nSPS) is 9.95. The lowest BCUT2D eigenvalue weighted by atomic mass is 10.2. The highest BCUT2D eigenvalue weighted by atomic mass is 35.5. The van der Waals surface area contributed by atoms with Crippen molar-refractivity contribution in [3.05, 3.63) is 52.8 Å². The van der Waals surface area contributed by atoms with Gasteiger partial charge in [-0.15, -0.1) is 0 Å².